The minimum Gasteiger partial charge on any atom is -0.495 e. The second-order valence-corrected chi connectivity index (χ2v) is 5.24. The molecule has 4 heteroatoms. The molecule has 1 aromatic carbocycles. The van der Waals surface area contributed by atoms with Crippen molar-refractivity contribution in [3.05, 3.63) is 26.6 Å². The van der Waals surface area contributed by atoms with E-state index in [-0.39, 0.29) is 6.61 Å². The predicted octanol–water partition coefficient (Wildman–Crippen LogP) is 3.01. The van der Waals surface area contributed by atoms with Crippen LogP contribution in [0.3, 0.4) is 0 Å². The van der Waals surface area contributed by atoms with Crippen LogP contribution in [0.5, 0.6) is 5.75 Å². The van der Waals surface area contributed by atoms with Gasteiger partial charge in [-0.3, -0.25) is 0 Å². The highest BCUT2D eigenvalue weighted by Gasteiger charge is 2.11. The standard InChI is InChI=1S/C10H9IO2S/c1-13-10-7-3-2-6(11)4-8(7)14-9(10)5-12/h2-4,12H,5H2,1H3. The lowest BCUT2D eigenvalue weighted by atomic mass is 10.2. The number of fused-ring (bicyclic) bond motifs is 1. The Labute approximate surface area is 99.7 Å². The lowest BCUT2D eigenvalue weighted by molar-refractivity contribution is 0.278. The molecular formula is C10H9IO2S. The Morgan fingerprint density at radius 2 is 2.29 bits per heavy atom. The van der Waals surface area contributed by atoms with E-state index in [1.807, 2.05) is 12.1 Å². The van der Waals surface area contributed by atoms with E-state index in [2.05, 4.69) is 28.7 Å². The molecule has 2 rings (SSSR count). The van der Waals surface area contributed by atoms with E-state index in [0.717, 1.165) is 20.7 Å². The first-order chi connectivity index (χ1) is 6.76. The van der Waals surface area contributed by atoms with Crippen molar-refractivity contribution in [2.24, 2.45) is 0 Å². The highest BCUT2D eigenvalue weighted by atomic mass is 127. The molecule has 14 heavy (non-hydrogen) atoms. The number of halogens is 1. The normalized spacial score (nSPS) is 10.8. The minimum absolute atomic E-state index is 0.0408. The molecule has 0 spiro atoms. The van der Waals surface area contributed by atoms with Gasteiger partial charge in [-0.1, -0.05) is 0 Å². The number of hydrogen-bond acceptors (Lipinski definition) is 3. The Morgan fingerprint density at radius 3 is 2.93 bits per heavy atom. The van der Waals surface area contributed by atoms with E-state index in [0.29, 0.717) is 0 Å². The summed E-state index contributed by atoms with van der Waals surface area (Å²) < 4.78 is 7.64. The largest absolute Gasteiger partial charge is 0.495 e. The number of aliphatic hydroxyl groups excluding tert-OH is 1. The van der Waals surface area contributed by atoms with E-state index in [9.17, 15) is 0 Å². The van der Waals surface area contributed by atoms with Gasteiger partial charge in [0.05, 0.1) is 18.6 Å². The SMILES string of the molecule is COc1c(CO)sc2cc(I)ccc12. The highest BCUT2D eigenvalue weighted by molar-refractivity contribution is 14.1. The van der Waals surface area contributed by atoms with Crippen LogP contribution in [-0.2, 0) is 6.61 Å². The second-order valence-electron chi connectivity index (χ2n) is 2.86. The molecule has 1 heterocycles. The summed E-state index contributed by atoms with van der Waals surface area (Å²) in [6.07, 6.45) is 0. The molecule has 0 aliphatic heterocycles. The number of benzene rings is 1. The Hall–Kier alpha value is -0.330. The van der Waals surface area contributed by atoms with Gasteiger partial charge in [0.15, 0.2) is 0 Å². The zero-order valence-corrected chi connectivity index (χ0v) is 10.6. The zero-order chi connectivity index (χ0) is 10.1. The fourth-order valence-electron chi connectivity index (χ4n) is 1.43. The third-order valence-corrected chi connectivity index (χ3v) is 3.81. The molecule has 0 amide bonds. The lowest BCUT2D eigenvalue weighted by Crippen LogP contribution is -1.85. The van der Waals surface area contributed by atoms with Gasteiger partial charge in [-0.25, -0.2) is 0 Å². The van der Waals surface area contributed by atoms with Crippen LogP contribution >= 0.6 is 33.9 Å². The molecule has 1 aromatic heterocycles. The van der Waals surface area contributed by atoms with Gasteiger partial charge in [0, 0.05) is 13.7 Å². The quantitative estimate of drug-likeness (QED) is 0.862. The van der Waals surface area contributed by atoms with E-state index in [1.165, 1.54) is 3.57 Å². The van der Waals surface area contributed by atoms with Crippen molar-refractivity contribution in [1.29, 1.82) is 0 Å². The van der Waals surface area contributed by atoms with Crippen LogP contribution < -0.4 is 4.74 Å². The van der Waals surface area contributed by atoms with Crippen molar-refractivity contribution in [3.8, 4) is 5.75 Å². The van der Waals surface area contributed by atoms with Gasteiger partial charge in [0.1, 0.15) is 5.75 Å². The van der Waals surface area contributed by atoms with Crippen molar-refractivity contribution in [2.45, 2.75) is 6.61 Å². The summed E-state index contributed by atoms with van der Waals surface area (Å²) in [6, 6.07) is 6.17. The van der Waals surface area contributed by atoms with Gasteiger partial charge < -0.3 is 9.84 Å². The first-order valence-corrected chi connectivity index (χ1v) is 6.01. The fraction of sp³-hybridized carbons (Fsp3) is 0.200. The van der Waals surface area contributed by atoms with Gasteiger partial charge in [-0.15, -0.1) is 11.3 Å². The maximum Gasteiger partial charge on any atom is 0.142 e. The van der Waals surface area contributed by atoms with Crippen molar-refractivity contribution >= 4 is 44.0 Å². The maximum atomic E-state index is 9.15. The van der Waals surface area contributed by atoms with E-state index >= 15 is 0 Å². The molecule has 2 aromatic rings. The number of rotatable bonds is 2. The van der Waals surface area contributed by atoms with Gasteiger partial charge in [-0.2, -0.15) is 0 Å². The van der Waals surface area contributed by atoms with Crippen LogP contribution in [0.25, 0.3) is 10.1 Å². The molecule has 0 fully saturated rings. The molecule has 1 N–H and O–H groups in total. The van der Waals surface area contributed by atoms with Gasteiger partial charge in [-0.05, 0) is 40.8 Å². The zero-order valence-electron chi connectivity index (χ0n) is 7.58. The number of hydrogen-bond donors (Lipinski definition) is 1. The summed E-state index contributed by atoms with van der Waals surface area (Å²) in [4.78, 5) is 0.893. The molecule has 0 unspecified atom stereocenters. The molecule has 0 saturated carbocycles. The molecule has 0 radical (unpaired) electrons. The summed E-state index contributed by atoms with van der Waals surface area (Å²) in [5, 5.41) is 10.2. The third kappa shape index (κ3) is 1.62. The first-order valence-electron chi connectivity index (χ1n) is 4.12. The molecular weight excluding hydrogens is 311 g/mol. The van der Waals surface area contributed by atoms with Crippen molar-refractivity contribution in [3.63, 3.8) is 0 Å². The molecule has 0 saturated heterocycles. The van der Waals surface area contributed by atoms with Gasteiger partial charge in [0.2, 0.25) is 0 Å². The van der Waals surface area contributed by atoms with Crippen LogP contribution in [-0.4, -0.2) is 12.2 Å². The molecule has 74 valence electrons. The van der Waals surface area contributed by atoms with Crippen molar-refractivity contribution in [2.75, 3.05) is 7.11 Å². The van der Waals surface area contributed by atoms with E-state index in [4.69, 9.17) is 9.84 Å². The van der Waals surface area contributed by atoms with E-state index < -0.39 is 0 Å². The number of thiophene rings is 1. The maximum absolute atomic E-state index is 9.15. The number of aliphatic hydroxyl groups is 1. The highest BCUT2D eigenvalue weighted by Crippen LogP contribution is 2.38. The summed E-state index contributed by atoms with van der Waals surface area (Å²) in [5.41, 5.74) is 0. The Bertz CT molecular complexity index is 464. The minimum atomic E-state index is 0.0408. The Kier molecular flexibility index (Phi) is 2.94. The summed E-state index contributed by atoms with van der Waals surface area (Å²) in [6.45, 7) is 0.0408. The Morgan fingerprint density at radius 1 is 1.50 bits per heavy atom. The van der Waals surface area contributed by atoms with Crippen LogP contribution in [0.4, 0.5) is 0 Å². The average Bonchev–Trinajstić information content (AvgIpc) is 2.54. The predicted molar refractivity (Wildman–Crippen MR) is 67.0 cm³/mol. The second kappa shape index (κ2) is 4.04. The van der Waals surface area contributed by atoms with Gasteiger partial charge in [0.25, 0.3) is 0 Å². The topological polar surface area (TPSA) is 29.5 Å². The number of ether oxygens (including phenoxy) is 1. The van der Waals surface area contributed by atoms with E-state index in [1.54, 1.807) is 18.4 Å². The van der Waals surface area contributed by atoms with Crippen molar-refractivity contribution < 1.29 is 9.84 Å². The smallest absolute Gasteiger partial charge is 0.142 e. The van der Waals surface area contributed by atoms with Crippen LogP contribution in [0.15, 0.2) is 18.2 Å². The van der Waals surface area contributed by atoms with Gasteiger partial charge >= 0.3 is 0 Å². The molecule has 0 bridgehead atoms. The van der Waals surface area contributed by atoms with Crippen LogP contribution in [0.2, 0.25) is 0 Å². The molecule has 0 aliphatic carbocycles. The monoisotopic (exact) mass is 320 g/mol. The molecule has 0 atom stereocenters. The van der Waals surface area contributed by atoms with Crippen LogP contribution in [0.1, 0.15) is 4.88 Å². The summed E-state index contributed by atoms with van der Waals surface area (Å²) in [5.74, 6) is 0.809. The fourth-order valence-corrected chi connectivity index (χ4v) is 3.20. The lowest BCUT2D eigenvalue weighted by Gasteiger charge is -1.99. The number of methoxy groups -OCH3 is 1. The first kappa shape index (κ1) is 10.2. The Balaban J connectivity index is 2.73. The van der Waals surface area contributed by atoms with Crippen LogP contribution in [0, 0.1) is 3.57 Å². The molecule has 0 aliphatic rings. The van der Waals surface area contributed by atoms with Crippen molar-refractivity contribution in [1.82, 2.24) is 0 Å². The molecule has 2 nitrogen and oxygen atoms in total. The summed E-state index contributed by atoms with van der Waals surface area (Å²) in [7, 11) is 1.64. The average molecular weight is 320 g/mol. The third-order valence-electron chi connectivity index (χ3n) is 2.02. The summed E-state index contributed by atoms with van der Waals surface area (Å²) >= 11 is 3.86.